The van der Waals surface area contributed by atoms with Crippen molar-refractivity contribution in [2.45, 2.75) is 52.5 Å². The number of anilines is 1. The van der Waals surface area contributed by atoms with Gasteiger partial charge in [0, 0.05) is 24.7 Å². The van der Waals surface area contributed by atoms with Gasteiger partial charge in [-0.3, -0.25) is 9.59 Å². The molecule has 1 atom stereocenters. The molecule has 0 saturated carbocycles. The van der Waals surface area contributed by atoms with Crippen molar-refractivity contribution in [2.75, 3.05) is 11.4 Å². The predicted molar refractivity (Wildman–Crippen MR) is 84.2 cm³/mol. The topological polar surface area (TPSA) is 49.4 Å². The van der Waals surface area contributed by atoms with E-state index in [-0.39, 0.29) is 11.8 Å². The van der Waals surface area contributed by atoms with Crippen molar-refractivity contribution < 1.29 is 9.59 Å². The Kier molecular flexibility index (Phi) is 4.99. The smallest absolute Gasteiger partial charge is 0.254 e. The van der Waals surface area contributed by atoms with Gasteiger partial charge >= 0.3 is 0 Å². The van der Waals surface area contributed by atoms with Gasteiger partial charge in [-0.25, -0.2) is 0 Å². The van der Waals surface area contributed by atoms with E-state index in [0.717, 1.165) is 36.2 Å². The SMILES string of the molecule is CCCCCCN1C(=O)[C@H](NC(C)=O)c2cc(C)ccc21. The molecule has 0 radical (unpaired) electrons. The van der Waals surface area contributed by atoms with E-state index in [2.05, 4.69) is 12.2 Å². The van der Waals surface area contributed by atoms with Gasteiger partial charge in [-0.05, 0) is 19.4 Å². The van der Waals surface area contributed by atoms with Crippen LogP contribution in [0, 0.1) is 6.92 Å². The van der Waals surface area contributed by atoms with Gasteiger partial charge in [0.2, 0.25) is 5.91 Å². The largest absolute Gasteiger partial charge is 0.341 e. The summed E-state index contributed by atoms with van der Waals surface area (Å²) in [6.45, 7) is 6.35. The van der Waals surface area contributed by atoms with Gasteiger partial charge in [0.05, 0.1) is 0 Å². The molecule has 1 aliphatic heterocycles. The zero-order valence-electron chi connectivity index (χ0n) is 13.1. The molecule has 0 unspecified atom stereocenters. The summed E-state index contributed by atoms with van der Waals surface area (Å²) in [5.74, 6) is -0.184. The Balaban J connectivity index is 2.20. The highest BCUT2D eigenvalue weighted by molar-refractivity contribution is 6.06. The lowest BCUT2D eigenvalue weighted by atomic mass is 10.1. The quantitative estimate of drug-likeness (QED) is 0.818. The summed E-state index contributed by atoms with van der Waals surface area (Å²) in [6.07, 6.45) is 4.50. The maximum Gasteiger partial charge on any atom is 0.254 e. The van der Waals surface area contributed by atoms with Crippen molar-refractivity contribution in [3.8, 4) is 0 Å². The van der Waals surface area contributed by atoms with Crippen LogP contribution < -0.4 is 10.2 Å². The Morgan fingerprint density at radius 2 is 2.05 bits per heavy atom. The van der Waals surface area contributed by atoms with E-state index in [1.807, 2.05) is 30.0 Å². The van der Waals surface area contributed by atoms with Gasteiger partial charge in [-0.1, -0.05) is 43.9 Å². The minimum absolute atomic E-state index is 0.0118. The standard InChI is InChI=1S/C17H24N2O2/c1-4-5-6-7-10-19-15-9-8-12(2)11-14(15)16(17(19)21)18-13(3)20/h8-9,11,16H,4-7,10H2,1-3H3,(H,18,20)/t16-/m1/s1. The first kappa shape index (κ1) is 15.5. The maximum atomic E-state index is 12.6. The number of benzene rings is 1. The Hall–Kier alpha value is -1.84. The molecule has 1 N–H and O–H groups in total. The van der Waals surface area contributed by atoms with Crippen LogP contribution in [0.4, 0.5) is 5.69 Å². The van der Waals surface area contributed by atoms with Crippen molar-refractivity contribution in [3.05, 3.63) is 29.3 Å². The molecule has 1 aromatic rings. The van der Waals surface area contributed by atoms with E-state index in [1.165, 1.54) is 19.8 Å². The molecule has 0 saturated heterocycles. The highest BCUT2D eigenvalue weighted by atomic mass is 16.2. The molecular formula is C17H24N2O2. The second kappa shape index (κ2) is 6.74. The lowest BCUT2D eigenvalue weighted by Crippen LogP contribution is -2.37. The molecule has 0 bridgehead atoms. The minimum Gasteiger partial charge on any atom is -0.341 e. The molecule has 1 aliphatic rings. The Morgan fingerprint density at radius 3 is 2.71 bits per heavy atom. The summed E-state index contributed by atoms with van der Waals surface area (Å²) in [6, 6.07) is 5.48. The number of carbonyl (C=O) groups is 2. The third-order valence-corrected chi connectivity index (χ3v) is 3.88. The fraction of sp³-hybridized carbons (Fsp3) is 0.529. The zero-order chi connectivity index (χ0) is 15.4. The molecule has 2 amide bonds. The van der Waals surface area contributed by atoms with Gasteiger partial charge in [0.15, 0.2) is 0 Å². The number of hydrogen-bond donors (Lipinski definition) is 1. The number of amides is 2. The summed E-state index contributed by atoms with van der Waals surface area (Å²) < 4.78 is 0. The van der Waals surface area contributed by atoms with Gasteiger partial charge in [-0.15, -0.1) is 0 Å². The zero-order valence-corrected chi connectivity index (χ0v) is 13.1. The lowest BCUT2D eigenvalue weighted by molar-refractivity contribution is -0.126. The molecular weight excluding hydrogens is 264 g/mol. The van der Waals surface area contributed by atoms with Gasteiger partial charge in [0.25, 0.3) is 5.91 Å². The Labute approximate surface area is 126 Å². The number of unbranched alkanes of at least 4 members (excludes halogenated alkanes) is 3. The first-order valence-corrected chi connectivity index (χ1v) is 7.73. The van der Waals surface area contributed by atoms with E-state index in [1.54, 1.807) is 0 Å². The Bertz CT molecular complexity index is 540. The fourth-order valence-corrected chi connectivity index (χ4v) is 2.83. The molecule has 4 nitrogen and oxygen atoms in total. The second-order valence-electron chi connectivity index (χ2n) is 5.75. The number of aryl methyl sites for hydroxylation is 1. The lowest BCUT2D eigenvalue weighted by Gasteiger charge is -2.18. The molecule has 0 aliphatic carbocycles. The van der Waals surface area contributed by atoms with Crippen molar-refractivity contribution >= 4 is 17.5 Å². The van der Waals surface area contributed by atoms with E-state index in [9.17, 15) is 9.59 Å². The van der Waals surface area contributed by atoms with Crippen LogP contribution in [-0.2, 0) is 9.59 Å². The highest BCUT2D eigenvalue weighted by Gasteiger charge is 2.37. The normalized spacial score (nSPS) is 17.0. The van der Waals surface area contributed by atoms with E-state index < -0.39 is 6.04 Å². The molecule has 0 aromatic heterocycles. The predicted octanol–water partition coefficient (Wildman–Crippen LogP) is 3.10. The summed E-state index contributed by atoms with van der Waals surface area (Å²) >= 11 is 0. The number of nitrogens with zero attached hydrogens (tertiary/aromatic N) is 1. The summed E-state index contributed by atoms with van der Waals surface area (Å²) in [4.78, 5) is 25.8. The average molecular weight is 288 g/mol. The number of carbonyl (C=O) groups excluding carboxylic acids is 2. The highest BCUT2D eigenvalue weighted by Crippen LogP contribution is 2.36. The first-order valence-electron chi connectivity index (χ1n) is 7.73. The van der Waals surface area contributed by atoms with Crippen molar-refractivity contribution in [1.29, 1.82) is 0 Å². The molecule has 0 fully saturated rings. The first-order chi connectivity index (χ1) is 10.0. The fourth-order valence-electron chi connectivity index (χ4n) is 2.83. The van der Waals surface area contributed by atoms with Crippen molar-refractivity contribution in [3.63, 3.8) is 0 Å². The van der Waals surface area contributed by atoms with Crippen LogP contribution in [0.15, 0.2) is 18.2 Å². The molecule has 1 aromatic carbocycles. The Morgan fingerprint density at radius 1 is 1.29 bits per heavy atom. The van der Waals surface area contributed by atoms with Crippen LogP contribution in [0.1, 0.15) is 56.7 Å². The summed E-state index contributed by atoms with van der Waals surface area (Å²) in [5.41, 5.74) is 2.97. The van der Waals surface area contributed by atoms with Gasteiger partial charge in [0.1, 0.15) is 6.04 Å². The molecule has 4 heteroatoms. The van der Waals surface area contributed by atoms with Crippen LogP contribution in [0.5, 0.6) is 0 Å². The summed E-state index contributed by atoms with van der Waals surface area (Å²) in [7, 11) is 0. The maximum absolute atomic E-state index is 12.6. The van der Waals surface area contributed by atoms with Crippen molar-refractivity contribution in [2.24, 2.45) is 0 Å². The van der Waals surface area contributed by atoms with Crippen LogP contribution >= 0.6 is 0 Å². The summed E-state index contributed by atoms with van der Waals surface area (Å²) in [5, 5.41) is 2.78. The van der Waals surface area contributed by atoms with Gasteiger partial charge < -0.3 is 10.2 Å². The van der Waals surface area contributed by atoms with Crippen LogP contribution in [-0.4, -0.2) is 18.4 Å². The van der Waals surface area contributed by atoms with Crippen molar-refractivity contribution in [1.82, 2.24) is 5.32 Å². The minimum atomic E-state index is -0.524. The van der Waals surface area contributed by atoms with Crippen LogP contribution in [0.25, 0.3) is 0 Å². The molecule has 0 spiro atoms. The monoisotopic (exact) mass is 288 g/mol. The van der Waals surface area contributed by atoms with E-state index in [4.69, 9.17) is 0 Å². The third-order valence-electron chi connectivity index (χ3n) is 3.88. The van der Waals surface area contributed by atoms with E-state index >= 15 is 0 Å². The number of hydrogen-bond acceptors (Lipinski definition) is 2. The van der Waals surface area contributed by atoms with Crippen LogP contribution in [0.2, 0.25) is 0 Å². The second-order valence-corrected chi connectivity index (χ2v) is 5.75. The number of nitrogens with one attached hydrogen (secondary N) is 1. The molecule has 1 heterocycles. The molecule has 21 heavy (non-hydrogen) atoms. The third kappa shape index (κ3) is 3.43. The van der Waals surface area contributed by atoms with Crippen LogP contribution in [0.3, 0.4) is 0 Å². The van der Waals surface area contributed by atoms with Gasteiger partial charge in [-0.2, -0.15) is 0 Å². The van der Waals surface area contributed by atoms with E-state index in [0.29, 0.717) is 0 Å². The number of fused-ring (bicyclic) bond motifs is 1. The molecule has 114 valence electrons. The number of rotatable bonds is 6. The average Bonchev–Trinajstić information content (AvgIpc) is 2.68. The molecule has 2 rings (SSSR count).